The Morgan fingerprint density at radius 2 is 1.58 bits per heavy atom. The Morgan fingerprint density at radius 3 is 2.18 bits per heavy atom. The second-order valence-electron chi connectivity index (χ2n) is 8.78. The van der Waals surface area contributed by atoms with E-state index in [1.165, 1.54) is 53.8 Å². The van der Waals surface area contributed by atoms with E-state index in [0.717, 1.165) is 16.2 Å². The van der Waals surface area contributed by atoms with E-state index in [4.69, 9.17) is 11.6 Å². The molecule has 1 fully saturated rings. The van der Waals surface area contributed by atoms with Crippen LogP contribution < -0.4 is 14.5 Å². The normalized spacial score (nSPS) is 14.8. The molecule has 3 aromatic rings. The summed E-state index contributed by atoms with van der Waals surface area (Å²) in [7, 11) is -5.99. The quantitative estimate of drug-likeness (QED) is 0.441. The number of sulfonamides is 2. The number of piperazine rings is 1. The van der Waals surface area contributed by atoms with E-state index in [1.807, 2.05) is 4.90 Å². The summed E-state index contributed by atoms with van der Waals surface area (Å²) < 4.78 is 52.7. The summed E-state index contributed by atoms with van der Waals surface area (Å²) in [6, 6.07) is 16.8. The zero-order valence-electron chi connectivity index (χ0n) is 20.7. The highest BCUT2D eigenvalue weighted by Gasteiger charge is 2.29. The molecule has 1 saturated heterocycles. The average Bonchev–Trinajstić information content (AvgIpc) is 2.87. The maximum absolute atomic E-state index is 13.2. The summed E-state index contributed by atoms with van der Waals surface area (Å²) in [4.78, 5) is 14.9. The van der Waals surface area contributed by atoms with E-state index in [-0.39, 0.29) is 35.0 Å². The zero-order chi connectivity index (χ0) is 27.7. The fourth-order valence-electron chi connectivity index (χ4n) is 4.10. The summed E-state index contributed by atoms with van der Waals surface area (Å²) in [5, 5.41) is 12.9. The number of phenolic OH excluding ortho intramolecular Hbond substituents is 1. The molecule has 0 radical (unpaired) electrons. The molecule has 0 atom stereocenters. The van der Waals surface area contributed by atoms with Gasteiger partial charge in [0.2, 0.25) is 20.0 Å². The van der Waals surface area contributed by atoms with Crippen LogP contribution in [0, 0.1) is 0 Å². The predicted molar refractivity (Wildman–Crippen MR) is 148 cm³/mol. The summed E-state index contributed by atoms with van der Waals surface area (Å²) in [6.45, 7) is 1.35. The number of aromatic hydroxyl groups is 1. The van der Waals surface area contributed by atoms with E-state index in [0.29, 0.717) is 23.8 Å². The van der Waals surface area contributed by atoms with Gasteiger partial charge in [-0.3, -0.25) is 9.10 Å². The summed E-state index contributed by atoms with van der Waals surface area (Å²) in [6.07, 6.45) is 1.04. The first kappa shape index (κ1) is 27.7. The Kier molecular flexibility index (Phi) is 7.88. The van der Waals surface area contributed by atoms with E-state index in [1.54, 1.807) is 24.3 Å². The molecule has 1 aliphatic heterocycles. The largest absolute Gasteiger partial charge is 0.508 e. The summed E-state index contributed by atoms with van der Waals surface area (Å²) in [5.41, 5.74) is 1.45. The van der Waals surface area contributed by atoms with Gasteiger partial charge in [-0.1, -0.05) is 23.7 Å². The molecule has 13 heteroatoms. The monoisotopic (exact) mass is 578 g/mol. The first-order valence-corrected chi connectivity index (χ1v) is 15.2. The van der Waals surface area contributed by atoms with Crippen LogP contribution in [0.25, 0.3) is 0 Å². The Balaban J connectivity index is 1.44. The number of amides is 1. The van der Waals surface area contributed by atoms with Crippen LogP contribution in [0.15, 0.2) is 71.6 Å². The molecule has 10 nitrogen and oxygen atoms in total. The van der Waals surface area contributed by atoms with Crippen LogP contribution in [0.5, 0.6) is 5.75 Å². The van der Waals surface area contributed by atoms with Crippen LogP contribution in [0.2, 0.25) is 5.02 Å². The highest BCUT2D eigenvalue weighted by Crippen LogP contribution is 2.28. The molecule has 1 aliphatic rings. The van der Waals surface area contributed by atoms with Gasteiger partial charge in [-0.15, -0.1) is 0 Å². The highest BCUT2D eigenvalue weighted by molar-refractivity contribution is 7.92. The van der Waals surface area contributed by atoms with Crippen molar-refractivity contribution in [3.63, 3.8) is 0 Å². The van der Waals surface area contributed by atoms with Crippen LogP contribution in [0.1, 0.15) is 10.4 Å². The number of rotatable bonds is 7. The maximum atomic E-state index is 13.2. The lowest BCUT2D eigenvalue weighted by Gasteiger charge is -2.35. The first-order valence-electron chi connectivity index (χ1n) is 11.6. The van der Waals surface area contributed by atoms with Crippen molar-refractivity contribution in [2.75, 3.05) is 54.0 Å². The van der Waals surface area contributed by atoms with Crippen LogP contribution in [0.4, 0.5) is 17.1 Å². The lowest BCUT2D eigenvalue weighted by Crippen LogP contribution is -2.48. The number of nitrogens with one attached hydrogen (secondary N) is 1. The standard InChI is InChI=1S/C25H27ClN4O6S2/c1-28(37(2,33)34)24-6-4-3-5-23(24)25(32)27-19-7-9-22(10-8-19)38(35,36)30-13-11-29(12-14-30)20-15-18(26)16-21(31)17-20/h3-10,15-17,31H,11-14H2,1-2H3,(H,27,32). The molecule has 0 aliphatic carbocycles. The molecule has 0 unspecified atom stereocenters. The van der Waals surface area contributed by atoms with Gasteiger partial charge in [-0.2, -0.15) is 4.31 Å². The number of nitrogens with zero attached hydrogens (tertiary/aromatic N) is 3. The van der Waals surface area contributed by atoms with Crippen molar-refractivity contribution in [2.24, 2.45) is 0 Å². The third kappa shape index (κ3) is 6.04. The van der Waals surface area contributed by atoms with Crippen molar-refractivity contribution >= 4 is 54.6 Å². The fourth-order valence-corrected chi connectivity index (χ4v) is 6.27. The predicted octanol–water partition coefficient (Wildman–Crippen LogP) is 3.20. The summed E-state index contributed by atoms with van der Waals surface area (Å²) in [5.74, 6) is -0.490. The van der Waals surface area contributed by atoms with E-state index in [9.17, 15) is 26.7 Å². The molecule has 0 bridgehead atoms. The molecule has 202 valence electrons. The van der Waals surface area contributed by atoms with E-state index in [2.05, 4.69) is 5.32 Å². The average molecular weight is 579 g/mol. The Hall–Kier alpha value is -3.32. The van der Waals surface area contributed by atoms with Crippen LogP contribution in [-0.2, 0) is 20.0 Å². The van der Waals surface area contributed by atoms with Gasteiger partial charge in [0.15, 0.2) is 0 Å². The Morgan fingerprint density at radius 1 is 0.947 bits per heavy atom. The summed E-state index contributed by atoms with van der Waals surface area (Å²) >= 11 is 6.02. The van der Waals surface area contributed by atoms with Crippen molar-refractivity contribution < 1.29 is 26.7 Å². The van der Waals surface area contributed by atoms with E-state index >= 15 is 0 Å². The van der Waals surface area contributed by atoms with Gasteiger partial charge in [0.1, 0.15) is 5.75 Å². The number of benzene rings is 3. The molecule has 3 aromatic carbocycles. The maximum Gasteiger partial charge on any atom is 0.257 e. The van der Waals surface area contributed by atoms with Gasteiger partial charge >= 0.3 is 0 Å². The molecule has 38 heavy (non-hydrogen) atoms. The van der Waals surface area contributed by atoms with Crippen molar-refractivity contribution in [3.8, 4) is 5.75 Å². The highest BCUT2D eigenvalue weighted by atomic mass is 35.5. The number of hydrogen-bond acceptors (Lipinski definition) is 7. The molecular weight excluding hydrogens is 552 g/mol. The number of carbonyl (C=O) groups excluding carboxylic acids is 1. The zero-order valence-corrected chi connectivity index (χ0v) is 23.1. The van der Waals surface area contributed by atoms with Crippen LogP contribution >= 0.6 is 11.6 Å². The van der Waals surface area contributed by atoms with Crippen molar-refractivity contribution in [1.29, 1.82) is 0 Å². The molecule has 1 amide bonds. The second kappa shape index (κ2) is 10.8. The van der Waals surface area contributed by atoms with Gasteiger partial charge in [-0.25, -0.2) is 16.8 Å². The van der Waals surface area contributed by atoms with E-state index < -0.39 is 26.0 Å². The topological polar surface area (TPSA) is 127 Å². The van der Waals surface area contributed by atoms with Crippen LogP contribution in [-0.4, -0.2) is 71.6 Å². The minimum atomic E-state index is -3.77. The van der Waals surface area contributed by atoms with Crippen molar-refractivity contribution in [2.45, 2.75) is 4.90 Å². The van der Waals surface area contributed by atoms with Gasteiger partial charge in [0.25, 0.3) is 5.91 Å². The molecular formula is C25H27ClN4O6S2. The second-order valence-corrected chi connectivity index (χ2v) is 13.2. The third-order valence-electron chi connectivity index (χ3n) is 6.21. The molecule has 4 rings (SSSR count). The number of halogens is 1. The van der Waals surface area contributed by atoms with Gasteiger partial charge in [0.05, 0.1) is 22.4 Å². The first-order chi connectivity index (χ1) is 17.9. The minimum Gasteiger partial charge on any atom is -0.508 e. The fraction of sp³-hybridized carbons (Fsp3) is 0.240. The van der Waals surface area contributed by atoms with Gasteiger partial charge in [-0.05, 0) is 48.5 Å². The third-order valence-corrected chi connectivity index (χ3v) is 9.53. The van der Waals surface area contributed by atoms with Crippen LogP contribution in [0.3, 0.4) is 0 Å². The lowest BCUT2D eigenvalue weighted by molar-refractivity contribution is 0.102. The lowest BCUT2D eigenvalue weighted by atomic mass is 10.1. The Labute approximate surface area is 227 Å². The van der Waals surface area contributed by atoms with Crippen molar-refractivity contribution in [3.05, 3.63) is 77.3 Å². The Bertz CT molecular complexity index is 1530. The van der Waals surface area contributed by atoms with Gasteiger partial charge in [0, 0.05) is 55.7 Å². The smallest absolute Gasteiger partial charge is 0.257 e. The number of hydrogen-bond donors (Lipinski definition) is 2. The molecule has 1 heterocycles. The molecule has 0 saturated carbocycles. The molecule has 2 N–H and O–H groups in total. The SMILES string of the molecule is CN(c1ccccc1C(=O)Nc1ccc(S(=O)(=O)N2CCN(c3cc(O)cc(Cl)c3)CC2)cc1)S(C)(=O)=O. The number of para-hydroxylation sites is 1. The molecule has 0 aromatic heterocycles. The van der Waals surface area contributed by atoms with Crippen molar-refractivity contribution in [1.82, 2.24) is 4.31 Å². The minimum absolute atomic E-state index is 0.0423. The number of anilines is 3. The molecule has 0 spiro atoms. The number of phenols is 1. The number of carbonyl (C=O) groups is 1. The van der Waals surface area contributed by atoms with Gasteiger partial charge < -0.3 is 15.3 Å².